The summed E-state index contributed by atoms with van der Waals surface area (Å²) in [4.78, 5) is 7.06. The van der Waals surface area contributed by atoms with Crippen molar-refractivity contribution in [1.29, 1.82) is 0 Å². The number of para-hydroxylation sites is 1. The molecule has 2 aromatic carbocycles. The maximum Gasteiger partial charge on any atom is 0.232 e. The SMILES string of the molecule is COc1ccc(-c2nc(CSc3nnc(N4CCOCC4)n3-c3ccccc3)cs2)cc1. The van der Waals surface area contributed by atoms with Gasteiger partial charge in [0.05, 0.1) is 31.7 Å². The molecule has 2 aromatic heterocycles. The zero-order valence-electron chi connectivity index (χ0n) is 17.7. The number of thiazole rings is 1. The first kappa shape index (κ1) is 21.0. The molecule has 0 radical (unpaired) electrons. The maximum atomic E-state index is 5.51. The number of benzene rings is 2. The van der Waals surface area contributed by atoms with Gasteiger partial charge in [0.2, 0.25) is 5.95 Å². The summed E-state index contributed by atoms with van der Waals surface area (Å²) in [7, 11) is 1.67. The minimum atomic E-state index is 0.705. The summed E-state index contributed by atoms with van der Waals surface area (Å²) in [5.41, 5.74) is 3.18. The first-order valence-corrected chi connectivity index (χ1v) is 12.2. The van der Waals surface area contributed by atoms with Crippen molar-refractivity contribution >= 4 is 29.0 Å². The smallest absolute Gasteiger partial charge is 0.232 e. The van der Waals surface area contributed by atoms with Gasteiger partial charge in [-0.2, -0.15) is 0 Å². The summed E-state index contributed by atoms with van der Waals surface area (Å²) in [6.07, 6.45) is 0. The minimum Gasteiger partial charge on any atom is -0.497 e. The number of ether oxygens (including phenoxy) is 2. The quantitative estimate of drug-likeness (QED) is 0.372. The average Bonchev–Trinajstić information content (AvgIpc) is 3.51. The van der Waals surface area contributed by atoms with Crippen molar-refractivity contribution in [3.05, 3.63) is 65.7 Å². The Labute approximate surface area is 195 Å². The highest BCUT2D eigenvalue weighted by Crippen LogP contribution is 2.31. The van der Waals surface area contributed by atoms with E-state index in [0.29, 0.717) is 13.2 Å². The van der Waals surface area contributed by atoms with Crippen LogP contribution in [0.4, 0.5) is 5.95 Å². The van der Waals surface area contributed by atoms with E-state index < -0.39 is 0 Å². The van der Waals surface area contributed by atoms with E-state index in [1.165, 1.54) is 0 Å². The summed E-state index contributed by atoms with van der Waals surface area (Å²) in [6.45, 7) is 3.04. The molecule has 1 aliphatic rings. The van der Waals surface area contributed by atoms with Crippen molar-refractivity contribution < 1.29 is 9.47 Å². The summed E-state index contributed by atoms with van der Waals surface area (Å²) in [5, 5.41) is 13.0. The third-order valence-corrected chi connectivity index (χ3v) is 7.07. The van der Waals surface area contributed by atoms with E-state index in [9.17, 15) is 0 Å². The Morgan fingerprint density at radius 2 is 1.81 bits per heavy atom. The van der Waals surface area contributed by atoms with Crippen LogP contribution in [-0.2, 0) is 10.5 Å². The van der Waals surface area contributed by atoms with Crippen molar-refractivity contribution in [2.75, 3.05) is 38.3 Å². The van der Waals surface area contributed by atoms with Gasteiger partial charge in [0.1, 0.15) is 10.8 Å². The molecule has 0 aliphatic carbocycles. The highest BCUT2D eigenvalue weighted by Gasteiger charge is 2.22. The summed E-state index contributed by atoms with van der Waals surface area (Å²) in [6, 6.07) is 18.3. The molecule has 0 atom stereocenters. The molecule has 1 aliphatic heterocycles. The monoisotopic (exact) mass is 465 g/mol. The first-order valence-electron chi connectivity index (χ1n) is 10.4. The summed E-state index contributed by atoms with van der Waals surface area (Å²) in [5.74, 6) is 2.43. The molecule has 4 aromatic rings. The lowest BCUT2D eigenvalue weighted by Gasteiger charge is -2.27. The Bertz CT molecular complexity index is 1150. The Hall–Kier alpha value is -2.88. The predicted octanol–water partition coefficient (Wildman–Crippen LogP) is 4.53. The summed E-state index contributed by atoms with van der Waals surface area (Å²) < 4.78 is 12.9. The lowest BCUT2D eigenvalue weighted by molar-refractivity contribution is 0.122. The molecule has 1 fully saturated rings. The van der Waals surface area contributed by atoms with E-state index in [2.05, 4.69) is 37.2 Å². The Kier molecular flexibility index (Phi) is 6.38. The largest absolute Gasteiger partial charge is 0.497 e. The number of rotatable bonds is 7. The molecule has 0 amide bonds. The standard InChI is InChI=1S/C23H23N5O2S2/c1-29-20-9-7-17(8-10-20)21-24-18(15-31-21)16-32-23-26-25-22(27-11-13-30-14-12-27)28(23)19-5-3-2-4-6-19/h2-10,15H,11-14,16H2,1H3. The molecule has 0 unspecified atom stereocenters. The van der Waals surface area contributed by atoms with Gasteiger partial charge < -0.3 is 14.4 Å². The van der Waals surface area contributed by atoms with Crippen LogP contribution in [0, 0.1) is 0 Å². The van der Waals surface area contributed by atoms with E-state index in [1.54, 1.807) is 30.2 Å². The predicted molar refractivity (Wildman–Crippen MR) is 128 cm³/mol. The van der Waals surface area contributed by atoms with Gasteiger partial charge in [-0.25, -0.2) is 4.98 Å². The second-order valence-electron chi connectivity index (χ2n) is 7.21. The zero-order valence-corrected chi connectivity index (χ0v) is 19.3. The highest BCUT2D eigenvalue weighted by molar-refractivity contribution is 7.98. The highest BCUT2D eigenvalue weighted by atomic mass is 32.2. The number of methoxy groups -OCH3 is 1. The number of nitrogens with zero attached hydrogens (tertiary/aromatic N) is 5. The number of aromatic nitrogens is 4. The topological polar surface area (TPSA) is 65.3 Å². The van der Waals surface area contributed by atoms with Gasteiger partial charge in [-0.3, -0.25) is 4.57 Å². The van der Waals surface area contributed by atoms with Crippen LogP contribution < -0.4 is 9.64 Å². The fourth-order valence-electron chi connectivity index (χ4n) is 3.50. The molecule has 7 nitrogen and oxygen atoms in total. The Morgan fingerprint density at radius 3 is 2.56 bits per heavy atom. The Morgan fingerprint density at radius 1 is 1.03 bits per heavy atom. The average molecular weight is 466 g/mol. The molecule has 0 spiro atoms. The molecule has 3 heterocycles. The van der Waals surface area contributed by atoms with Crippen LogP contribution in [0.5, 0.6) is 5.75 Å². The van der Waals surface area contributed by atoms with Crippen LogP contribution >= 0.6 is 23.1 Å². The lowest BCUT2D eigenvalue weighted by Crippen LogP contribution is -2.37. The molecular weight excluding hydrogens is 442 g/mol. The van der Waals surface area contributed by atoms with E-state index in [1.807, 2.05) is 42.5 Å². The normalized spacial score (nSPS) is 14.0. The molecule has 9 heteroatoms. The van der Waals surface area contributed by atoms with Crippen LogP contribution in [0.25, 0.3) is 16.3 Å². The molecule has 0 N–H and O–H groups in total. The van der Waals surface area contributed by atoms with Crippen LogP contribution in [0.2, 0.25) is 0 Å². The van der Waals surface area contributed by atoms with Gasteiger partial charge in [0.25, 0.3) is 0 Å². The van der Waals surface area contributed by atoms with Gasteiger partial charge in [-0.15, -0.1) is 21.5 Å². The number of morpholine rings is 1. The van der Waals surface area contributed by atoms with Crippen LogP contribution in [0.15, 0.2) is 65.1 Å². The van der Waals surface area contributed by atoms with Gasteiger partial charge in [-0.05, 0) is 36.4 Å². The van der Waals surface area contributed by atoms with Crippen molar-refractivity contribution in [3.8, 4) is 22.0 Å². The van der Waals surface area contributed by atoms with E-state index in [-0.39, 0.29) is 0 Å². The summed E-state index contributed by atoms with van der Waals surface area (Å²) >= 11 is 3.30. The zero-order chi connectivity index (χ0) is 21.8. The maximum absolute atomic E-state index is 5.51. The van der Waals surface area contributed by atoms with E-state index in [0.717, 1.165) is 57.6 Å². The van der Waals surface area contributed by atoms with Crippen LogP contribution in [0.1, 0.15) is 5.69 Å². The number of thioether (sulfide) groups is 1. The molecule has 0 bridgehead atoms. The lowest BCUT2D eigenvalue weighted by atomic mass is 10.2. The number of anilines is 1. The van der Waals surface area contributed by atoms with Crippen molar-refractivity contribution in [2.24, 2.45) is 0 Å². The molecule has 0 saturated carbocycles. The van der Waals surface area contributed by atoms with Crippen LogP contribution in [-0.4, -0.2) is 53.2 Å². The van der Waals surface area contributed by atoms with Gasteiger partial charge in [0.15, 0.2) is 5.16 Å². The third-order valence-electron chi connectivity index (χ3n) is 5.16. The number of hydrogen-bond donors (Lipinski definition) is 0. The van der Waals surface area contributed by atoms with E-state index in [4.69, 9.17) is 14.5 Å². The first-order chi connectivity index (χ1) is 15.8. The fraction of sp³-hybridized carbons (Fsp3) is 0.261. The fourth-order valence-corrected chi connectivity index (χ4v) is 5.28. The molecule has 5 rings (SSSR count). The second-order valence-corrected chi connectivity index (χ2v) is 9.01. The second kappa shape index (κ2) is 9.72. The van der Waals surface area contributed by atoms with Gasteiger partial charge >= 0.3 is 0 Å². The van der Waals surface area contributed by atoms with Crippen LogP contribution in [0.3, 0.4) is 0 Å². The minimum absolute atomic E-state index is 0.705. The molecule has 1 saturated heterocycles. The van der Waals surface area contributed by atoms with Crippen molar-refractivity contribution in [1.82, 2.24) is 19.7 Å². The molecule has 32 heavy (non-hydrogen) atoms. The van der Waals surface area contributed by atoms with Crippen molar-refractivity contribution in [2.45, 2.75) is 10.9 Å². The number of hydrogen-bond acceptors (Lipinski definition) is 8. The molecule has 164 valence electrons. The molecular formula is C23H23N5O2S2. The van der Waals surface area contributed by atoms with Gasteiger partial charge in [-0.1, -0.05) is 30.0 Å². The van der Waals surface area contributed by atoms with E-state index >= 15 is 0 Å². The van der Waals surface area contributed by atoms with Crippen molar-refractivity contribution in [3.63, 3.8) is 0 Å². The Balaban J connectivity index is 1.36. The third kappa shape index (κ3) is 4.50. The van der Waals surface area contributed by atoms with Gasteiger partial charge in [0, 0.05) is 29.8 Å².